The van der Waals surface area contributed by atoms with E-state index in [1.807, 2.05) is 6.92 Å². The van der Waals surface area contributed by atoms with Crippen molar-refractivity contribution >= 4 is 58.4 Å². The topological polar surface area (TPSA) is 49.4 Å². The van der Waals surface area contributed by atoms with E-state index in [4.69, 9.17) is 34.8 Å². The Morgan fingerprint density at radius 2 is 1.87 bits per heavy atom. The Labute approximate surface area is 201 Å². The lowest BCUT2D eigenvalue weighted by molar-refractivity contribution is -0.138. The Balaban J connectivity index is 2.12. The second-order valence-electron chi connectivity index (χ2n) is 6.93. The lowest BCUT2D eigenvalue weighted by atomic mass is 10.1. The largest absolute Gasteiger partial charge is 0.354 e. The monoisotopic (exact) mass is 504 g/mol. The molecule has 0 aliphatic heterocycles. The fourth-order valence-electron chi connectivity index (χ4n) is 2.81. The molecule has 0 aromatic heterocycles. The van der Waals surface area contributed by atoms with Crippen molar-refractivity contribution in [1.82, 2.24) is 10.2 Å². The Hall–Kier alpha value is -1.47. The third kappa shape index (κ3) is 7.56. The number of benzene rings is 2. The summed E-state index contributed by atoms with van der Waals surface area (Å²) < 4.78 is 14.0. The Morgan fingerprint density at radius 3 is 2.52 bits per heavy atom. The van der Waals surface area contributed by atoms with E-state index in [1.165, 1.54) is 28.8 Å². The molecule has 2 aromatic rings. The zero-order valence-electron chi connectivity index (χ0n) is 17.3. The minimum Gasteiger partial charge on any atom is -0.354 e. The summed E-state index contributed by atoms with van der Waals surface area (Å²) in [6.07, 6.45) is 0.790. The van der Waals surface area contributed by atoms with Crippen LogP contribution in [0.15, 0.2) is 36.4 Å². The lowest BCUT2D eigenvalue weighted by Gasteiger charge is -2.29. The highest BCUT2D eigenvalue weighted by Gasteiger charge is 2.26. The smallest absolute Gasteiger partial charge is 0.242 e. The van der Waals surface area contributed by atoms with Crippen LogP contribution in [-0.4, -0.2) is 35.1 Å². The normalized spacial score (nSPS) is 11.8. The summed E-state index contributed by atoms with van der Waals surface area (Å²) in [6.45, 7) is 4.35. The molecule has 9 heteroatoms. The highest BCUT2D eigenvalue weighted by Crippen LogP contribution is 2.26. The maximum atomic E-state index is 14.0. The van der Waals surface area contributed by atoms with Crippen LogP contribution in [0.1, 0.15) is 31.4 Å². The number of hydrogen-bond acceptors (Lipinski definition) is 3. The van der Waals surface area contributed by atoms with Gasteiger partial charge in [-0.25, -0.2) is 4.39 Å². The molecule has 1 atom stereocenters. The molecule has 0 saturated carbocycles. The van der Waals surface area contributed by atoms with E-state index in [0.717, 1.165) is 12.0 Å². The van der Waals surface area contributed by atoms with Crippen molar-refractivity contribution in [2.75, 3.05) is 12.3 Å². The average molecular weight is 506 g/mol. The average Bonchev–Trinajstić information content (AvgIpc) is 2.74. The van der Waals surface area contributed by atoms with Crippen molar-refractivity contribution in [2.45, 2.75) is 38.6 Å². The fraction of sp³-hybridized carbons (Fsp3) is 0.364. The summed E-state index contributed by atoms with van der Waals surface area (Å²) in [5.74, 6) is -0.585. The number of hydrogen-bond donors (Lipinski definition) is 1. The van der Waals surface area contributed by atoms with Crippen LogP contribution < -0.4 is 5.32 Å². The first-order chi connectivity index (χ1) is 14.7. The molecule has 0 aliphatic rings. The van der Waals surface area contributed by atoms with Gasteiger partial charge >= 0.3 is 0 Å². The molecule has 31 heavy (non-hydrogen) atoms. The van der Waals surface area contributed by atoms with Gasteiger partial charge in [-0.15, -0.1) is 11.8 Å². The van der Waals surface area contributed by atoms with Gasteiger partial charge in [0.2, 0.25) is 11.8 Å². The summed E-state index contributed by atoms with van der Waals surface area (Å²) in [5.41, 5.74) is 1.10. The van der Waals surface area contributed by atoms with Gasteiger partial charge in [-0.1, -0.05) is 53.9 Å². The number of halogens is 4. The fourth-order valence-corrected chi connectivity index (χ4v) is 4.38. The Kier molecular flexibility index (Phi) is 10.4. The molecule has 168 valence electrons. The predicted molar refractivity (Wildman–Crippen MR) is 127 cm³/mol. The van der Waals surface area contributed by atoms with Crippen LogP contribution in [0, 0.1) is 5.82 Å². The number of nitrogens with zero attached hydrogens (tertiary/aromatic N) is 1. The minimum absolute atomic E-state index is 0.0668. The van der Waals surface area contributed by atoms with Gasteiger partial charge in [0.05, 0.1) is 15.8 Å². The van der Waals surface area contributed by atoms with Gasteiger partial charge in [-0.2, -0.15) is 0 Å². The van der Waals surface area contributed by atoms with Gasteiger partial charge in [0.1, 0.15) is 11.9 Å². The Bertz CT molecular complexity index is 909. The molecule has 0 aliphatic carbocycles. The molecule has 4 nitrogen and oxygen atoms in total. The molecule has 2 amide bonds. The molecule has 0 heterocycles. The summed E-state index contributed by atoms with van der Waals surface area (Å²) in [6, 6.07) is 8.88. The Morgan fingerprint density at radius 1 is 1.13 bits per heavy atom. The molecule has 0 bridgehead atoms. The molecule has 0 saturated heterocycles. The van der Waals surface area contributed by atoms with E-state index in [9.17, 15) is 14.0 Å². The van der Waals surface area contributed by atoms with Crippen molar-refractivity contribution in [3.63, 3.8) is 0 Å². The molecular formula is C22H24Cl3FN2O2S. The molecule has 0 radical (unpaired) electrons. The van der Waals surface area contributed by atoms with E-state index in [0.29, 0.717) is 27.2 Å². The van der Waals surface area contributed by atoms with Gasteiger partial charge in [0, 0.05) is 29.4 Å². The van der Waals surface area contributed by atoms with Crippen LogP contribution in [0.4, 0.5) is 4.39 Å². The van der Waals surface area contributed by atoms with Gasteiger partial charge < -0.3 is 10.2 Å². The molecule has 1 N–H and O–H groups in total. The first-order valence-corrected chi connectivity index (χ1v) is 12.0. The number of carbonyl (C=O) groups is 2. The van der Waals surface area contributed by atoms with Crippen LogP contribution in [-0.2, 0) is 21.9 Å². The van der Waals surface area contributed by atoms with Crippen molar-refractivity contribution in [3.8, 4) is 0 Å². The third-order valence-corrected chi connectivity index (χ3v) is 6.62. The van der Waals surface area contributed by atoms with Gasteiger partial charge in [0.25, 0.3) is 0 Å². The van der Waals surface area contributed by atoms with Crippen LogP contribution in [0.2, 0.25) is 15.1 Å². The van der Waals surface area contributed by atoms with Crippen LogP contribution in [0.5, 0.6) is 0 Å². The number of thioether (sulfide) groups is 1. The number of carbonyl (C=O) groups excluding carboxylic acids is 2. The minimum atomic E-state index is -0.689. The molecule has 1 unspecified atom stereocenters. The SMILES string of the molecule is CCCNC(=O)C(C)N(Cc1ccc(Cl)c(Cl)c1)C(=O)CSCc1c(F)cccc1Cl. The number of amides is 2. The van der Waals surface area contributed by atoms with Crippen molar-refractivity contribution < 1.29 is 14.0 Å². The molecular weight excluding hydrogens is 482 g/mol. The van der Waals surface area contributed by atoms with Crippen LogP contribution >= 0.6 is 46.6 Å². The van der Waals surface area contributed by atoms with Crippen LogP contribution in [0.25, 0.3) is 0 Å². The molecule has 2 aromatic carbocycles. The van der Waals surface area contributed by atoms with E-state index < -0.39 is 11.9 Å². The van der Waals surface area contributed by atoms with E-state index >= 15 is 0 Å². The molecule has 0 spiro atoms. The van der Waals surface area contributed by atoms with E-state index in [2.05, 4.69) is 5.32 Å². The summed E-state index contributed by atoms with van der Waals surface area (Å²) >= 11 is 19.4. The standard InChI is InChI=1S/C22H24Cl3FN2O2S/c1-3-9-27-22(30)14(2)28(11-15-7-8-18(24)19(25)10-15)21(29)13-31-12-16-17(23)5-4-6-20(16)26/h4-8,10,14H,3,9,11-13H2,1-2H3,(H,27,30). The zero-order valence-corrected chi connectivity index (χ0v) is 20.3. The second kappa shape index (κ2) is 12.5. The van der Waals surface area contributed by atoms with Crippen LogP contribution in [0.3, 0.4) is 0 Å². The summed E-state index contributed by atoms with van der Waals surface area (Å²) in [7, 11) is 0. The van der Waals surface area contributed by atoms with Crippen molar-refractivity contribution in [2.24, 2.45) is 0 Å². The second-order valence-corrected chi connectivity index (χ2v) is 9.14. The highest BCUT2D eigenvalue weighted by molar-refractivity contribution is 7.99. The maximum absolute atomic E-state index is 14.0. The first kappa shape index (κ1) is 25.8. The zero-order chi connectivity index (χ0) is 23.0. The third-order valence-electron chi connectivity index (χ3n) is 4.59. The quantitative estimate of drug-likeness (QED) is 0.433. The first-order valence-electron chi connectivity index (χ1n) is 9.76. The number of rotatable bonds is 10. The summed E-state index contributed by atoms with van der Waals surface area (Å²) in [5, 5.41) is 3.92. The molecule has 0 fully saturated rings. The van der Waals surface area contributed by atoms with E-state index in [-0.39, 0.29) is 29.9 Å². The summed E-state index contributed by atoms with van der Waals surface area (Å²) in [4.78, 5) is 27.0. The number of nitrogens with one attached hydrogen (secondary N) is 1. The predicted octanol–water partition coefficient (Wildman–Crippen LogP) is 5.96. The van der Waals surface area contributed by atoms with E-state index in [1.54, 1.807) is 31.2 Å². The van der Waals surface area contributed by atoms with Crippen molar-refractivity contribution in [1.29, 1.82) is 0 Å². The lowest BCUT2D eigenvalue weighted by Crippen LogP contribution is -2.48. The van der Waals surface area contributed by atoms with Gasteiger partial charge in [-0.3, -0.25) is 9.59 Å². The van der Waals surface area contributed by atoms with Gasteiger partial charge in [0.15, 0.2) is 0 Å². The highest BCUT2D eigenvalue weighted by atomic mass is 35.5. The maximum Gasteiger partial charge on any atom is 0.242 e. The van der Waals surface area contributed by atoms with Crippen molar-refractivity contribution in [3.05, 3.63) is 68.4 Å². The van der Waals surface area contributed by atoms with Gasteiger partial charge in [-0.05, 0) is 43.2 Å². The molecule has 2 rings (SSSR count).